The summed E-state index contributed by atoms with van der Waals surface area (Å²) in [6, 6.07) is 3.67. The van der Waals surface area contributed by atoms with Gasteiger partial charge in [0.15, 0.2) is 5.03 Å². The first-order valence-corrected chi connectivity index (χ1v) is 7.56. The van der Waals surface area contributed by atoms with Crippen molar-refractivity contribution in [2.45, 2.75) is 25.0 Å². The predicted molar refractivity (Wildman–Crippen MR) is 72.4 cm³/mol. The van der Waals surface area contributed by atoms with Gasteiger partial charge < -0.3 is 5.11 Å². The summed E-state index contributed by atoms with van der Waals surface area (Å²) in [7, 11) is -3.73. The van der Waals surface area contributed by atoms with E-state index in [2.05, 4.69) is 19.9 Å². The molecule has 2 aromatic rings. The van der Waals surface area contributed by atoms with E-state index in [9.17, 15) is 13.5 Å². The van der Waals surface area contributed by atoms with Gasteiger partial charge in [-0.2, -0.15) is 5.10 Å². The first-order chi connectivity index (χ1) is 9.54. The maximum absolute atomic E-state index is 12.1. The Morgan fingerprint density at radius 3 is 2.90 bits per heavy atom. The van der Waals surface area contributed by atoms with Crippen LogP contribution in [0.5, 0.6) is 0 Å². The summed E-state index contributed by atoms with van der Waals surface area (Å²) in [6.45, 7) is 1.53. The number of hydrogen-bond donors (Lipinski definition) is 3. The summed E-state index contributed by atoms with van der Waals surface area (Å²) < 4.78 is 26.7. The topological polar surface area (TPSA) is 108 Å². The molecule has 0 radical (unpaired) electrons. The van der Waals surface area contributed by atoms with E-state index in [4.69, 9.17) is 0 Å². The van der Waals surface area contributed by atoms with E-state index in [1.807, 2.05) is 6.07 Å². The van der Waals surface area contributed by atoms with E-state index < -0.39 is 10.0 Å². The fourth-order valence-electron chi connectivity index (χ4n) is 1.78. The Bertz CT molecular complexity index is 667. The standard InChI is InChI=1S/C12H16N4O3S/c1-9-11(8-17)12(16-15-9)20(18,19)14-6-4-10-3-2-5-13-7-10/h2-3,5,7,14,17H,4,6,8H2,1H3,(H,15,16). The minimum absolute atomic E-state index is 0.149. The van der Waals surface area contributed by atoms with Crippen molar-refractivity contribution < 1.29 is 13.5 Å². The summed E-state index contributed by atoms with van der Waals surface area (Å²) in [5, 5.41) is 15.3. The van der Waals surface area contributed by atoms with Gasteiger partial charge in [-0.3, -0.25) is 10.1 Å². The Morgan fingerprint density at radius 2 is 2.25 bits per heavy atom. The average Bonchev–Trinajstić information content (AvgIpc) is 2.81. The third-order valence-corrected chi connectivity index (χ3v) is 4.31. The highest BCUT2D eigenvalue weighted by Gasteiger charge is 2.22. The van der Waals surface area contributed by atoms with Gasteiger partial charge in [0.05, 0.1) is 6.61 Å². The molecule has 3 N–H and O–H groups in total. The van der Waals surface area contributed by atoms with Gasteiger partial charge in [-0.1, -0.05) is 6.07 Å². The maximum atomic E-state index is 12.1. The van der Waals surface area contributed by atoms with E-state index in [-0.39, 0.29) is 18.2 Å². The van der Waals surface area contributed by atoms with Crippen LogP contribution in [0.15, 0.2) is 29.6 Å². The molecule has 0 unspecified atom stereocenters. The minimum Gasteiger partial charge on any atom is -0.392 e. The molecule has 2 rings (SSSR count). The van der Waals surface area contributed by atoms with Crippen molar-refractivity contribution in [2.24, 2.45) is 0 Å². The second-order valence-corrected chi connectivity index (χ2v) is 5.98. The molecule has 2 aromatic heterocycles. The van der Waals surface area contributed by atoms with Crippen LogP contribution in [-0.4, -0.2) is 35.3 Å². The molecular formula is C12H16N4O3S. The molecule has 0 bridgehead atoms. The van der Waals surface area contributed by atoms with Crippen LogP contribution in [0.3, 0.4) is 0 Å². The monoisotopic (exact) mass is 296 g/mol. The molecule has 0 aliphatic rings. The number of pyridine rings is 1. The van der Waals surface area contributed by atoms with Crippen molar-refractivity contribution in [3.63, 3.8) is 0 Å². The lowest BCUT2D eigenvalue weighted by Crippen LogP contribution is -2.27. The molecule has 7 nitrogen and oxygen atoms in total. The molecule has 0 aliphatic carbocycles. The second-order valence-electron chi connectivity index (χ2n) is 4.30. The Kier molecular flexibility index (Phi) is 4.48. The van der Waals surface area contributed by atoms with Crippen LogP contribution >= 0.6 is 0 Å². The van der Waals surface area contributed by atoms with Crippen LogP contribution in [0.4, 0.5) is 0 Å². The first-order valence-electron chi connectivity index (χ1n) is 6.08. The molecule has 0 saturated heterocycles. The van der Waals surface area contributed by atoms with Crippen LogP contribution in [0, 0.1) is 6.92 Å². The van der Waals surface area contributed by atoms with Gasteiger partial charge in [-0.05, 0) is 25.0 Å². The van der Waals surface area contributed by atoms with Gasteiger partial charge in [0.2, 0.25) is 0 Å². The zero-order valence-electron chi connectivity index (χ0n) is 11.0. The number of aryl methyl sites for hydroxylation is 1. The second kappa shape index (κ2) is 6.12. The Morgan fingerprint density at radius 1 is 1.45 bits per heavy atom. The molecule has 0 aliphatic heterocycles. The number of rotatable bonds is 6. The summed E-state index contributed by atoms with van der Waals surface area (Å²) in [5.41, 5.74) is 1.77. The average molecular weight is 296 g/mol. The molecule has 0 saturated carbocycles. The van der Waals surface area contributed by atoms with Gasteiger partial charge in [0, 0.05) is 30.2 Å². The molecule has 8 heteroatoms. The zero-order chi connectivity index (χ0) is 14.6. The number of sulfonamides is 1. The highest BCUT2D eigenvalue weighted by atomic mass is 32.2. The lowest BCUT2D eigenvalue weighted by atomic mass is 10.2. The van der Waals surface area contributed by atoms with Crippen molar-refractivity contribution in [1.82, 2.24) is 19.9 Å². The van der Waals surface area contributed by atoms with Crippen molar-refractivity contribution in [1.29, 1.82) is 0 Å². The van der Waals surface area contributed by atoms with E-state index in [1.165, 1.54) is 0 Å². The fourth-order valence-corrected chi connectivity index (χ4v) is 3.00. The molecule has 20 heavy (non-hydrogen) atoms. The van der Waals surface area contributed by atoms with Gasteiger partial charge in [-0.15, -0.1) is 0 Å². The number of H-pyrrole nitrogens is 1. The Balaban J connectivity index is 2.04. The van der Waals surface area contributed by atoms with Crippen molar-refractivity contribution >= 4 is 10.0 Å². The molecule has 0 amide bonds. The fraction of sp³-hybridized carbons (Fsp3) is 0.333. The van der Waals surface area contributed by atoms with Crippen molar-refractivity contribution in [3.05, 3.63) is 41.3 Å². The smallest absolute Gasteiger partial charge is 0.260 e. The Hall–Kier alpha value is -1.77. The third kappa shape index (κ3) is 3.21. The number of aliphatic hydroxyl groups is 1. The van der Waals surface area contributed by atoms with Gasteiger partial charge in [-0.25, -0.2) is 13.1 Å². The lowest BCUT2D eigenvalue weighted by molar-refractivity contribution is 0.277. The lowest BCUT2D eigenvalue weighted by Gasteiger charge is -2.05. The normalized spacial score (nSPS) is 11.7. The SMILES string of the molecule is Cc1[nH]nc(S(=O)(=O)NCCc2cccnc2)c1CO. The van der Waals surface area contributed by atoms with Crippen LogP contribution in [0.2, 0.25) is 0 Å². The Labute approximate surface area is 117 Å². The zero-order valence-corrected chi connectivity index (χ0v) is 11.8. The maximum Gasteiger partial charge on any atom is 0.260 e. The van der Waals surface area contributed by atoms with Gasteiger partial charge in [0.1, 0.15) is 0 Å². The first kappa shape index (κ1) is 14.6. The largest absolute Gasteiger partial charge is 0.392 e. The molecule has 0 atom stereocenters. The number of aromatic amines is 1. The number of nitrogens with zero attached hydrogens (tertiary/aromatic N) is 2. The van der Waals surface area contributed by atoms with E-state index in [0.29, 0.717) is 17.7 Å². The van der Waals surface area contributed by atoms with Crippen LogP contribution in [0.25, 0.3) is 0 Å². The number of aromatic nitrogens is 3. The summed E-state index contributed by atoms with van der Waals surface area (Å²) in [6.07, 6.45) is 3.88. The molecule has 0 aromatic carbocycles. The van der Waals surface area contributed by atoms with Gasteiger partial charge in [0.25, 0.3) is 10.0 Å². The van der Waals surface area contributed by atoms with E-state index >= 15 is 0 Å². The molecular weight excluding hydrogens is 280 g/mol. The minimum atomic E-state index is -3.73. The predicted octanol–water partition coefficient (Wildman–Crippen LogP) is 0.126. The highest BCUT2D eigenvalue weighted by Crippen LogP contribution is 2.15. The summed E-state index contributed by atoms with van der Waals surface area (Å²) >= 11 is 0. The van der Waals surface area contributed by atoms with E-state index in [0.717, 1.165) is 5.56 Å². The molecule has 108 valence electrons. The third-order valence-electron chi connectivity index (χ3n) is 2.88. The molecule has 0 fully saturated rings. The van der Waals surface area contributed by atoms with E-state index in [1.54, 1.807) is 25.4 Å². The van der Waals surface area contributed by atoms with Crippen LogP contribution in [-0.2, 0) is 23.1 Å². The summed E-state index contributed by atoms with van der Waals surface area (Å²) in [4.78, 5) is 3.96. The van der Waals surface area contributed by atoms with Crippen molar-refractivity contribution in [3.8, 4) is 0 Å². The quantitative estimate of drug-likeness (QED) is 0.702. The van der Waals surface area contributed by atoms with Crippen molar-refractivity contribution in [2.75, 3.05) is 6.54 Å². The van der Waals surface area contributed by atoms with Gasteiger partial charge >= 0.3 is 0 Å². The molecule has 0 spiro atoms. The number of nitrogens with one attached hydrogen (secondary N) is 2. The summed E-state index contributed by atoms with van der Waals surface area (Å²) in [5.74, 6) is 0. The highest BCUT2D eigenvalue weighted by molar-refractivity contribution is 7.89. The molecule has 2 heterocycles. The van der Waals surface area contributed by atoms with Crippen LogP contribution < -0.4 is 4.72 Å². The van der Waals surface area contributed by atoms with Crippen LogP contribution in [0.1, 0.15) is 16.8 Å². The number of aliphatic hydroxyl groups excluding tert-OH is 1. The number of hydrogen-bond acceptors (Lipinski definition) is 5.